The number of nitrogens with zero attached hydrogens (tertiary/aromatic N) is 1. The largest absolute Gasteiger partial charge is 0.353 e. The van der Waals surface area contributed by atoms with Gasteiger partial charge in [-0.2, -0.15) is 0 Å². The molecule has 3 N–H and O–H groups in total. The highest BCUT2D eigenvalue weighted by Gasteiger charge is 2.28. The van der Waals surface area contributed by atoms with E-state index in [1.54, 1.807) is 0 Å². The molecule has 10 heteroatoms. The van der Waals surface area contributed by atoms with Gasteiger partial charge in [-0.3, -0.25) is 25.0 Å². The van der Waals surface area contributed by atoms with Gasteiger partial charge in [0.15, 0.2) is 11.5 Å². The van der Waals surface area contributed by atoms with Crippen LogP contribution in [0.5, 0.6) is 0 Å². The van der Waals surface area contributed by atoms with Crippen molar-refractivity contribution in [3.05, 3.63) is 33.9 Å². The third kappa shape index (κ3) is 3.28. The van der Waals surface area contributed by atoms with Crippen molar-refractivity contribution in [1.82, 2.24) is 10.6 Å². The topological polar surface area (TPSA) is 113 Å². The van der Waals surface area contributed by atoms with Crippen LogP contribution in [0.4, 0.5) is 20.2 Å². The summed E-state index contributed by atoms with van der Waals surface area (Å²) in [4.78, 5) is 32.6. The normalized spacial score (nSPS) is 18.0. The Labute approximate surface area is 116 Å². The van der Waals surface area contributed by atoms with Gasteiger partial charge >= 0.3 is 0 Å². The van der Waals surface area contributed by atoms with E-state index in [-0.39, 0.29) is 19.0 Å². The molecular formula is C11H10F2N4O4. The first-order chi connectivity index (χ1) is 9.88. The first kappa shape index (κ1) is 14.8. The van der Waals surface area contributed by atoms with Crippen LogP contribution in [0.15, 0.2) is 12.1 Å². The molecule has 1 fully saturated rings. The Hall–Kier alpha value is -2.62. The number of hydrogen-bond donors (Lipinski definition) is 3. The van der Waals surface area contributed by atoms with Crippen LogP contribution >= 0.6 is 0 Å². The van der Waals surface area contributed by atoms with Crippen LogP contribution in [0.2, 0.25) is 0 Å². The number of halogens is 2. The Morgan fingerprint density at radius 2 is 2.14 bits per heavy atom. The second kappa shape index (κ2) is 5.79. The molecule has 1 aliphatic rings. The third-order valence-electron chi connectivity index (χ3n) is 2.81. The molecule has 0 saturated carbocycles. The molecule has 0 aliphatic carbocycles. The minimum Gasteiger partial charge on any atom is -0.353 e. The van der Waals surface area contributed by atoms with Gasteiger partial charge in [-0.25, -0.2) is 8.78 Å². The fraction of sp³-hybridized carbons (Fsp3) is 0.273. The molecule has 112 valence electrons. The molecule has 21 heavy (non-hydrogen) atoms. The Balaban J connectivity index is 2.21. The molecule has 1 aromatic rings. The monoisotopic (exact) mass is 300 g/mol. The molecule has 1 saturated heterocycles. The van der Waals surface area contributed by atoms with Crippen molar-refractivity contribution in [3.8, 4) is 0 Å². The maximum Gasteiger partial charge on any atom is 0.298 e. The molecule has 1 heterocycles. The fourth-order valence-electron chi connectivity index (χ4n) is 1.79. The molecule has 1 unspecified atom stereocenters. The van der Waals surface area contributed by atoms with E-state index in [9.17, 15) is 28.5 Å². The van der Waals surface area contributed by atoms with Crippen molar-refractivity contribution in [1.29, 1.82) is 0 Å². The Kier molecular flexibility index (Phi) is 4.08. The van der Waals surface area contributed by atoms with E-state index < -0.39 is 39.9 Å². The van der Waals surface area contributed by atoms with E-state index in [1.165, 1.54) is 0 Å². The van der Waals surface area contributed by atoms with Gasteiger partial charge in [0, 0.05) is 12.6 Å². The van der Waals surface area contributed by atoms with Crippen molar-refractivity contribution in [2.45, 2.75) is 6.04 Å². The molecule has 8 nitrogen and oxygen atoms in total. The SMILES string of the molecule is O=C1CNC(C(=O)Nc2c(F)cc(F)cc2[N+](=O)[O-])CN1. The number of hydrogen-bond acceptors (Lipinski definition) is 5. The van der Waals surface area contributed by atoms with Gasteiger partial charge in [-0.1, -0.05) is 0 Å². The van der Waals surface area contributed by atoms with Gasteiger partial charge in [0.2, 0.25) is 11.8 Å². The average molecular weight is 300 g/mol. The van der Waals surface area contributed by atoms with Crippen molar-refractivity contribution in [2.75, 3.05) is 18.4 Å². The lowest BCUT2D eigenvalue weighted by atomic mass is 10.2. The van der Waals surface area contributed by atoms with Crippen molar-refractivity contribution in [2.24, 2.45) is 0 Å². The van der Waals surface area contributed by atoms with Crippen LogP contribution in [-0.2, 0) is 9.59 Å². The van der Waals surface area contributed by atoms with E-state index in [0.717, 1.165) is 0 Å². The van der Waals surface area contributed by atoms with Crippen LogP contribution in [0.1, 0.15) is 0 Å². The summed E-state index contributed by atoms with van der Waals surface area (Å²) in [6, 6.07) is 0.0692. The standard InChI is InChI=1S/C11H10F2N4O4/c12-5-1-6(13)10(8(2-5)17(20)21)16-11(19)7-3-15-9(18)4-14-7/h1-2,7,14H,3-4H2,(H,15,18)(H,16,19). The van der Waals surface area contributed by atoms with Crippen LogP contribution < -0.4 is 16.0 Å². The first-order valence-electron chi connectivity index (χ1n) is 5.83. The summed E-state index contributed by atoms with van der Waals surface area (Å²) in [7, 11) is 0. The van der Waals surface area contributed by atoms with Gasteiger partial charge in [0.1, 0.15) is 11.9 Å². The van der Waals surface area contributed by atoms with Crippen molar-refractivity contribution < 1.29 is 23.3 Å². The van der Waals surface area contributed by atoms with Gasteiger partial charge in [-0.15, -0.1) is 0 Å². The molecule has 2 amide bonds. The molecular weight excluding hydrogens is 290 g/mol. The molecule has 1 aromatic carbocycles. The first-order valence-corrected chi connectivity index (χ1v) is 5.83. The van der Waals surface area contributed by atoms with Crippen LogP contribution in [-0.4, -0.2) is 35.9 Å². The number of rotatable bonds is 3. The maximum atomic E-state index is 13.6. The summed E-state index contributed by atoms with van der Waals surface area (Å²) in [5, 5.41) is 17.8. The quantitative estimate of drug-likeness (QED) is 0.533. The molecule has 0 aromatic heterocycles. The molecule has 0 bridgehead atoms. The predicted molar refractivity (Wildman–Crippen MR) is 66.4 cm³/mol. The summed E-state index contributed by atoms with van der Waals surface area (Å²) in [6.07, 6.45) is 0. The van der Waals surface area contributed by atoms with Gasteiger partial charge in [-0.05, 0) is 0 Å². The molecule has 2 rings (SSSR count). The zero-order valence-corrected chi connectivity index (χ0v) is 10.5. The second-order valence-electron chi connectivity index (χ2n) is 4.27. The number of benzene rings is 1. The number of anilines is 1. The maximum absolute atomic E-state index is 13.6. The lowest BCUT2D eigenvalue weighted by molar-refractivity contribution is -0.384. The minimum absolute atomic E-state index is 0.0404. The molecule has 0 spiro atoms. The number of nitrogens with one attached hydrogen (secondary N) is 3. The van der Waals surface area contributed by atoms with Gasteiger partial charge in [0.05, 0.1) is 17.5 Å². The van der Waals surface area contributed by atoms with Crippen LogP contribution in [0.3, 0.4) is 0 Å². The molecule has 0 radical (unpaired) electrons. The summed E-state index contributed by atoms with van der Waals surface area (Å²) in [5.74, 6) is -3.46. The number of nitro benzene ring substituents is 1. The number of carbonyl (C=O) groups excluding carboxylic acids is 2. The number of amides is 2. The van der Waals surface area contributed by atoms with Gasteiger partial charge < -0.3 is 10.6 Å². The smallest absolute Gasteiger partial charge is 0.298 e. The van der Waals surface area contributed by atoms with E-state index in [0.29, 0.717) is 12.1 Å². The minimum atomic E-state index is -1.25. The van der Waals surface area contributed by atoms with Crippen LogP contribution in [0, 0.1) is 21.7 Å². The summed E-state index contributed by atoms with van der Waals surface area (Å²) >= 11 is 0. The fourth-order valence-corrected chi connectivity index (χ4v) is 1.79. The lowest BCUT2D eigenvalue weighted by Crippen LogP contribution is -2.56. The van der Waals surface area contributed by atoms with Crippen molar-refractivity contribution >= 4 is 23.2 Å². The van der Waals surface area contributed by atoms with Gasteiger partial charge in [0.25, 0.3) is 5.69 Å². The summed E-state index contributed by atoms with van der Waals surface area (Å²) < 4.78 is 26.6. The zero-order valence-electron chi connectivity index (χ0n) is 10.5. The van der Waals surface area contributed by atoms with E-state index in [1.807, 2.05) is 5.32 Å². The Morgan fingerprint density at radius 3 is 2.71 bits per heavy atom. The Bertz CT molecular complexity index is 612. The number of piperazine rings is 1. The van der Waals surface area contributed by atoms with Crippen LogP contribution in [0.25, 0.3) is 0 Å². The third-order valence-corrected chi connectivity index (χ3v) is 2.81. The van der Waals surface area contributed by atoms with E-state index in [4.69, 9.17) is 0 Å². The Morgan fingerprint density at radius 1 is 1.43 bits per heavy atom. The van der Waals surface area contributed by atoms with Crippen molar-refractivity contribution in [3.63, 3.8) is 0 Å². The van der Waals surface area contributed by atoms with E-state index in [2.05, 4.69) is 10.6 Å². The number of carbonyl (C=O) groups is 2. The highest BCUT2D eigenvalue weighted by Crippen LogP contribution is 2.28. The summed E-state index contributed by atoms with van der Waals surface area (Å²) in [5.41, 5.74) is -1.61. The number of nitro groups is 1. The highest BCUT2D eigenvalue weighted by atomic mass is 19.1. The zero-order chi connectivity index (χ0) is 15.6. The second-order valence-corrected chi connectivity index (χ2v) is 4.27. The molecule has 1 aliphatic heterocycles. The summed E-state index contributed by atoms with van der Waals surface area (Å²) in [6.45, 7) is -0.145. The predicted octanol–water partition coefficient (Wildman–Crippen LogP) is -0.101. The average Bonchev–Trinajstić information content (AvgIpc) is 2.41. The molecule has 1 atom stereocenters. The lowest BCUT2D eigenvalue weighted by Gasteiger charge is -2.23. The van der Waals surface area contributed by atoms with E-state index >= 15 is 0 Å². The highest BCUT2D eigenvalue weighted by molar-refractivity contribution is 5.98.